The molecule has 4 heteroatoms. The van der Waals surface area contributed by atoms with Crippen molar-refractivity contribution in [1.29, 1.82) is 0 Å². The number of hydrogen-bond donors (Lipinski definition) is 3. The van der Waals surface area contributed by atoms with E-state index >= 15 is 0 Å². The Balaban J connectivity index is 1.67. The van der Waals surface area contributed by atoms with E-state index in [4.69, 9.17) is 5.11 Å². The zero-order valence-electron chi connectivity index (χ0n) is 9.61. The number of carboxylic acids is 1. The van der Waals surface area contributed by atoms with Crippen LogP contribution in [-0.4, -0.2) is 34.4 Å². The summed E-state index contributed by atoms with van der Waals surface area (Å²) >= 11 is 0. The molecular formula is C12H21NO3. The maximum atomic E-state index is 10.9. The van der Waals surface area contributed by atoms with Gasteiger partial charge in [0, 0.05) is 6.54 Å². The summed E-state index contributed by atoms with van der Waals surface area (Å²) in [5.74, 6) is -0.127. The highest BCUT2D eigenvalue weighted by Crippen LogP contribution is 2.35. The van der Waals surface area contributed by atoms with Gasteiger partial charge in [0.1, 0.15) is 5.54 Å². The summed E-state index contributed by atoms with van der Waals surface area (Å²) in [6, 6.07) is 0. The number of β-amino-alcohol motifs (C(OH)–C–C–N with tert-alkyl or cyclic N) is 1. The number of aliphatic carboxylic acids is 1. The summed E-state index contributed by atoms with van der Waals surface area (Å²) in [6.45, 7) is 0.419. The third-order valence-corrected chi connectivity index (χ3v) is 3.92. The van der Waals surface area contributed by atoms with E-state index in [0.717, 1.165) is 6.42 Å². The van der Waals surface area contributed by atoms with Crippen LogP contribution in [0.5, 0.6) is 0 Å². The monoisotopic (exact) mass is 227 g/mol. The minimum atomic E-state index is -0.777. The fraction of sp³-hybridized carbons (Fsp3) is 0.917. The van der Waals surface area contributed by atoms with Gasteiger partial charge in [-0.25, -0.2) is 0 Å². The molecule has 2 saturated carbocycles. The van der Waals surface area contributed by atoms with Crippen molar-refractivity contribution in [2.45, 2.75) is 56.6 Å². The highest BCUT2D eigenvalue weighted by molar-refractivity contribution is 5.82. The van der Waals surface area contributed by atoms with Crippen molar-refractivity contribution in [2.24, 2.45) is 5.92 Å². The minimum absolute atomic E-state index is 0.389. The molecule has 1 atom stereocenters. The van der Waals surface area contributed by atoms with E-state index in [-0.39, 0.29) is 6.10 Å². The average molecular weight is 227 g/mol. The number of hydrogen-bond acceptors (Lipinski definition) is 3. The van der Waals surface area contributed by atoms with Gasteiger partial charge in [0.05, 0.1) is 6.10 Å². The molecule has 4 nitrogen and oxygen atoms in total. The summed E-state index contributed by atoms with van der Waals surface area (Å²) in [5.41, 5.74) is -0.712. The SMILES string of the molecule is O=C(O)C1(NCC(O)CC2CCCC2)CC1. The lowest BCUT2D eigenvalue weighted by molar-refractivity contribution is -0.140. The van der Waals surface area contributed by atoms with Crippen molar-refractivity contribution in [3.8, 4) is 0 Å². The van der Waals surface area contributed by atoms with Gasteiger partial charge < -0.3 is 10.2 Å². The molecule has 0 spiro atoms. The first-order chi connectivity index (χ1) is 7.62. The molecule has 0 bridgehead atoms. The Bertz CT molecular complexity index is 257. The van der Waals surface area contributed by atoms with Crippen molar-refractivity contribution in [1.82, 2.24) is 5.32 Å². The van der Waals surface area contributed by atoms with Gasteiger partial charge in [0.2, 0.25) is 0 Å². The van der Waals surface area contributed by atoms with Crippen molar-refractivity contribution in [3.05, 3.63) is 0 Å². The normalized spacial score (nSPS) is 25.6. The maximum Gasteiger partial charge on any atom is 0.323 e. The topological polar surface area (TPSA) is 69.6 Å². The van der Waals surface area contributed by atoms with E-state index in [9.17, 15) is 9.90 Å². The van der Waals surface area contributed by atoms with Gasteiger partial charge in [0.15, 0.2) is 0 Å². The first-order valence-corrected chi connectivity index (χ1v) is 6.29. The molecule has 2 fully saturated rings. The van der Waals surface area contributed by atoms with E-state index < -0.39 is 11.5 Å². The smallest absolute Gasteiger partial charge is 0.323 e. The van der Waals surface area contributed by atoms with Crippen LogP contribution in [0.3, 0.4) is 0 Å². The molecule has 0 saturated heterocycles. The average Bonchev–Trinajstić information content (AvgIpc) is 2.88. The lowest BCUT2D eigenvalue weighted by Gasteiger charge is -2.18. The lowest BCUT2D eigenvalue weighted by Crippen LogP contribution is -2.43. The zero-order valence-corrected chi connectivity index (χ0v) is 9.61. The standard InChI is InChI=1S/C12H21NO3/c14-10(7-9-3-1-2-4-9)8-13-12(5-6-12)11(15)16/h9-10,13-14H,1-8H2,(H,15,16). The van der Waals surface area contributed by atoms with Crippen molar-refractivity contribution >= 4 is 5.97 Å². The van der Waals surface area contributed by atoms with Crippen molar-refractivity contribution in [3.63, 3.8) is 0 Å². The largest absolute Gasteiger partial charge is 0.480 e. The van der Waals surface area contributed by atoms with E-state index in [1.165, 1.54) is 25.7 Å². The van der Waals surface area contributed by atoms with Crippen LogP contribution < -0.4 is 5.32 Å². The van der Waals surface area contributed by atoms with Crippen LogP contribution in [0.4, 0.5) is 0 Å². The van der Waals surface area contributed by atoms with Crippen LogP contribution in [0, 0.1) is 5.92 Å². The Hall–Kier alpha value is -0.610. The summed E-state index contributed by atoms with van der Waals surface area (Å²) in [4.78, 5) is 10.9. The highest BCUT2D eigenvalue weighted by Gasteiger charge is 2.50. The Morgan fingerprint density at radius 3 is 2.50 bits per heavy atom. The molecule has 0 heterocycles. The minimum Gasteiger partial charge on any atom is -0.480 e. The number of carboxylic acid groups (broad SMARTS) is 1. The number of aliphatic hydroxyl groups is 1. The van der Waals surface area contributed by atoms with E-state index in [2.05, 4.69) is 5.32 Å². The lowest BCUT2D eigenvalue weighted by atomic mass is 10.00. The van der Waals surface area contributed by atoms with Gasteiger partial charge in [-0.05, 0) is 25.2 Å². The quantitative estimate of drug-likeness (QED) is 0.636. The summed E-state index contributed by atoms with van der Waals surface area (Å²) in [6.07, 6.45) is 6.83. The van der Waals surface area contributed by atoms with Crippen LogP contribution in [0.25, 0.3) is 0 Å². The Morgan fingerprint density at radius 2 is 2.00 bits per heavy atom. The molecule has 2 rings (SSSR count). The van der Waals surface area contributed by atoms with Gasteiger partial charge in [-0.2, -0.15) is 0 Å². The predicted octanol–water partition coefficient (Wildman–Crippen LogP) is 1.13. The maximum absolute atomic E-state index is 10.9. The second-order valence-corrected chi connectivity index (χ2v) is 5.31. The molecule has 2 aliphatic carbocycles. The van der Waals surface area contributed by atoms with E-state index in [1.54, 1.807) is 0 Å². The van der Waals surface area contributed by atoms with Gasteiger partial charge in [-0.15, -0.1) is 0 Å². The summed E-state index contributed by atoms with van der Waals surface area (Å²) in [7, 11) is 0. The molecule has 16 heavy (non-hydrogen) atoms. The Morgan fingerprint density at radius 1 is 1.38 bits per heavy atom. The van der Waals surface area contributed by atoms with Crippen LogP contribution in [-0.2, 0) is 4.79 Å². The zero-order chi connectivity index (χ0) is 11.6. The molecular weight excluding hydrogens is 206 g/mol. The number of rotatable bonds is 6. The van der Waals surface area contributed by atoms with Crippen molar-refractivity contribution in [2.75, 3.05) is 6.54 Å². The number of aliphatic hydroxyl groups excluding tert-OH is 1. The van der Waals surface area contributed by atoms with Gasteiger partial charge >= 0.3 is 5.97 Å². The summed E-state index contributed by atoms with van der Waals surface area (Å²) in [5, 5.41) is 21.8. The second-order valence-electron chi connectivity index (χ2n) is 5.31. The Kier molecular flexibility index (Phi) is 3.50. The van der Waals surface area contributed by atoms with Crippen molar-refractivity contribution < 1.29 is 15.0 Å². The third kappa shape index (κ3) is 2.74. The highest BCUT2D eigenvalue weighted by atomic mass is 16.4. The van der Waals surface area contributed by atoms with Crippen LogP contribution in [0.2, 0.25) is 0 Å². The van der Waals surface area contributed by atoms with Gasteiger partial charge in [0.25, 0.3) is 0 Å². The fourth-order valence-electron chi connectivity index (χ4n) is 2.62. The molecule has 92 valence electrons. The van der Waals surface area contributed by atoms with Crippen LogP contribution in [0.1, 0.15) is 44.9 Å². The molecule has 0 aromatic carbocycles. The second kappa shape index (κ2) is 4.72. The van der Waals surface area contributed by atoms with E-state index in [0.29, 0.717) is 25.3 Å². The van der Waals surface area contributed by atoms with Crippen LogP contribution in [0.15, 0.2) is 0 Å². The predicted molar refractivity (Wildman–Crippen MR) is 60.2 cm³/mol. The molecule has 0 aromatic rings. The molecule has 2 aliphatic rings. The van der Waals surface area contributed by atoms with Gasteiger partial charge in [-0.1, -0.05) is 25.7 Å². The van der Waals surface area contributed by atoms with Gasteiger partial charge in [-0.3, -0.25) is 10.1 Å². The number of nitrogens with one attached hydrogen (secondary N) is 1. The van der Waals surface area contributed by atoms with E-state index in [1.807, 2.05) is 0 Å². The molecule has 3 N–H and O–H groups in total. The van der Waals surface area contributed by atoms with Crippen LogP contribution >= 0.6 is 0 Å². The molecule has 1 unspecified atom stereocenters. The number of carbonyl (C=O) groups is 1. The first-order valence-electron chi connectivity index (χ1n) is 6.29. The Labute approximate surface area is 96.0 Å². The molecule has 0 amide bonds. The third-order valence-electron chi connectivity index (χ3n) is 3.92. The molecule has 0 aliphatic heterocycles. The molecule has 0 aromatic heterocycles. The summed E-state index contributed by atoms with van der Waals surface area (Å²) < 4.78 is 0. The first kappa shape index (κ1) is 11.9. The molecule has 0 radical (unpaired) electrons. The fourth-order valence-corrected chi connectivity index (χ4v) is 2.62.